The van der Waals surface area contributed by atoms with Crippen molar-refractivity contribution < 1.29 is 17.6 Å². The van der Waals surface area contributed by atoms with Crippen molar-refractivity contribution in [2.75, 3.05) is 6.54 Å². The summed E-state index contributed by atoms with van der Waals surface area (Å²) < 4.78 is 30.6. The van der Waals surface area contributed by atoms with E-state index in [1.807, 2.05) is 0 Å². The average molecular weight is 420 g/mol. The lowest BCUT2D eigenvalue weighted by atomic mass is 10.1. The monoisotopic (exact) mass is 420 g/mol. The Morgan fingerprint density at radius 3 is 2.40 bits per heavy atom. The van der Waals surface area contributed by atoms with Crippen molar-refractivity contribution >= 4 is 15.7 Å². The van der Waals surface area contributed by atoms with Gasteiger partial charge in [0, 0.05) is 13.1 Å². The second kappa shape index (κ2) is 9.25. The van der Waals surface area contributed by atoms with E-state index in [1.165, 1.54) is 29.2 Å². The molecule has 1 amide bonds. The third kappa shape index (κ3) is 5.04. The minimum atomic E-state index is -3.57. The van der Waals surface area contributed by atoms with Crippen LogP contribution in [-0.4, -0.2) is 25.8 Å². The molecule has 0 fully saturated rings. The van der Waals surface area contributed by atoms with E-state index in [2.05, 4.69) is 12.6 Å². The molecule has 0 bridgehead atoms. The van der Waals surface area contributed by atoms with Gasteiger partial charge in [0.15, 0.2) is 15.6 Å². The van der Waals surface area contributed by atoms with Crippen molar-refractivity contribution in [2.24, 2.45) is 0 Å². The Morgan fingerprint density at radius 1 is 1.07 bits per heavy atom. The van der Waals surface area contributed by atoms with Crippen LogP contribution in [0.15, 0.2) is 88.7 Å². The molecule has 1 heterocycles. The maximum Gasteiger partial charge on any atom is 0.290 e. The van der Waals surface area contributed by atoms with Crippen molar-refractivity contribution in [3.63, 3.8) is 0 Å². The quantitative estimate of drug-likeness (QED) is 0.515. The van der Waals surface area contributed by atoms with Gasteiger partial charge in [0.05, 0.1) is 16.5 Å². The standard InChI is InChI=1S/C23H20N2O4S/c1-2-14-25(16-19-10-8-18(15-24)9-11-19)23(26)22-13-12-20(29-22)17-30(27,28)21-6-4-3-5-7-21/h2-13H,1,14,16-17H2. The zero-order valence-corrected chi connectivity index (χ0v) is 17.0. The van der Waals surface area contributed by atoms with Crippen LogP contribution >= 0.6 is 0 Å². The Labute approximate surface area is 175 Å². The first-order valence-corrected chi connectivity index (χ1v) is 10.8. The molecule has 0 saturated carbocycles. The van der Waals surface area contributed by atoms with Crippen LogP contribution in [0.1, 0.15) is 27.4 Å². The number of hydrogen-bond acceptors (Lipinski definition) is 5. The summed E-state index contributed by atoms with van der Waals surface area (Å²) in [6, 6.07) is 20.1. The van der Waals surface area contributed by atoms with Crippen molar-refractivity contribution in [2.45, 2.75) is 17.2 Å². The fraction of sp³-hybridized carbons (Fsp3) is 0.130. The highest BCUT2D eigenvalue weighted by atomic mass is 32.2. The Balaban J connectivity index is 1.75. The highest BCUT2D eigenvalue weighted by Gasteiger charge is 2.22. The number of hydrogen-bond donors (Lipinski definition) is 0. The highest BCUT2D eigenvalue weighted by Crippen LogP contribution is 2.19. The van der Waals surface area contributed by atoms with Gasteiger partial charge in [-0.1, -0.05) is 36.4 Å². The SMILES string of the molecule is C=CCN(Cc1ccc(C#N)cc1)C(=O)c1ccc(CS(=O)(=O)c2ccccc2)o1. The molecule has 0 saturated heterocycles. The second-order valence-electron chi connectivity index (χ2n) is 6.62. The van der Waals surface area contributed by atoms with Crippen molar-refractivity contribution in [3.05, 3.63) is 102 Å². The summed E-state index contributed by atoms with van der Waals surface area (Å²) in [7, 11) is -3.57. The molecule has 30 heavy (non-hydrogen) atoms. The summed E-state index contributed by atoms with van der Waals surface area (Å²) in [4.78, 5) is 14.6. The predicted molar refractivity (Wildman–Crippen MR) is 112 cm³/mol. The zero-order valence-electron chi connectivity index (χ0n) is 16.2. The molecule has 0 radical (unpaired) electrons. The fourth-order valence-corrected chi connectivity index (χ4v) is 4.17. The number of nitrogens with zero attached hydrogens (tertiary/aromatic N) is 2. The molecule has 2 aromatic carbocycles. The summed E-state index contributed by atoms with van der Waals surface area (Å²) in [5.41, 5.74) is 1.39. The summed E-state index contributed by atoms with van der Waals surface area (Å²) in [5, 5.41) is 8.90. The highest BCUT2D eigenvalue weighted by molar-refractivity contribution is 7.90. The van der Waals surface area contributed by atoms with Gasteiger partial charge >= 0.3 is 0 Å². The molecule has 0 unspecified atom stereocenters. The smallest absolute Gasteiger partial charge is 0.290 e. The minimum absolute atomic E-state index is 0.0590. The number of sulfone groups is 1. The van der Waals surface area contributed by atoms with Crippen molar-refractivity contribution in [3.8, 4) is 6.07 Å². The van der Waals surface area contributed by atoms with Gasteiger partial charge in [0.2, 0.25) is 0 Å². The lowest BCUT2D eigenvalue weighted by molar-refractivity contribution is 0.0729. The van der Waals surface area contributed by atoms with Crippen LogP contribution < -0.4 is 0 Å². The van der Waals surface area contributed by atoms with Gasteiger partial charge in [-0.3, -0.25) is 4.79 Å². The van der Waals surface area contributed by atoms with E-state index in [9.17, 15) is 13.2 Å². The molecule has 7 heteroatoms. The molecule has 3 aromatic rings. The van der Waals surface area contributed by atoms with Crippen LogP contribution in [-0.2, 0) is 22.1 Å². The summed E-state index contributed by atoms with van der Waals surface area (Å²) in [6.07, 6.45) is 1.60. The van der Waals surface area contributed by atoms with Crippen LogP contribution in [0.2, 0.25) is 0 Å². The van der Waals surface area contributed by atoms with E-state index < -0.39 is 9.84 Å². The van der Waals surface area contributed by atoms with Gasteiger partial charge in [-0.2, -0.15) is 5.26 Å². The minimum Gasteiger partial charge on any atom is -0.455 e. The predicted octanol–water partition coefficient (Wildman–Crippen LogP) is 3.95. The van der Waals surface area contributed by atoms with E-state index in [0.717, 1.165) is 5.56 Å². The van der Waals surface area contributed by atoms with E-state index in [0.29, 0.717) is 12.1 Å². The lowest BCUT2D eigenvalue weighted by Crippen LogP contribution is -2.30. The molecule has 0 spiro atoms. The maximum atomic E-state index is 12.9. The molecular weight excluding hydrogens is 400 g/mol. The molecule has 6 nitrogen and oxygen atoms in total. The Bertz CT molecular complexity index is 1170. The van der Waals surface area contributed by atoms with Gasteiger partial charge in [-0.05, 0) is 42.0 Å². The number of carbonyl (C=O) groups excluding carboxylic acids is 1. The fourth-order valence-electron chi connectivity index (χ4n) is 2.90. The lowest BCUT2D eigenvalue weighted by Gasteiger charge is -2.20. The van der Waals surface area contributed by atoms with Crippen LogP contribution in [0.4, 0.5) is 0 Å². The van der Waals surface area contributed by atoms with E-state index in [-0.39, 0.29) is 34.6 Å². The number of furan rings is 1. The molecule has 0 aliphatic carbocycles. The van der Waals surface area contributed by atoms with E-state index in [4.69, 9.17) is 9.68 Å². The largest absolute Gasteiger partial charge is 0.455 e. The van der Waals surface area contributed by atoms with Gasteiger partial charge in [-0.25, -0.2) is 8.42 Å². The number of nitriles is 1. The molecule has 0 atom stereocenters. The number of benzene rings is 2. The van der Waals surface area contributed by atoms with Crippen LogP contribution in [0.25, 0.3) is 0 Å². The maximum absolute atomic E-state index is 12.9. The first-order chi connectivity index (χ1) is 14.4. The first kappa shape index (κ1) is 21.1. The zero-order chi connectivity index (χ0) is 21.6. The van der Waals surface area contributed by atoms with E-state index in [1.54, 1.807) is 48.5 Å². The number of rotatable bonds is 8. The van der Waals surface area contributed by atoms with Crippen LogP contribution in [0.3, 0.4) is 0 Å². The summed E-state index contributed by atoms with van der Waals surface area (Å²) >= 11 is 0. The van der Waals surface area contributed by atoms with Gasteiger partial charge < -0.3 is 9.32 Å². The average Bonchev–Trinajstić information content (AvgIpc) is 3.22. The Morgan fingerprint density at radius 2 is 1.77 bits per heavy atom. The van der Waals surface area contributed by atoms with E-state index >= 15 is 0 Å². The third-order valence-electron chi connectivity index (χ3n) is 4.40. The van der Waals surface area contributed by atoms with Crippen molar-refractivity contribution in [1.29, 1.82) is 5.26 Å². The van der Waals surface area contributed by atoms with Crippen LogP contribution in [0, 0.1) is 11.3 Å². The molecule has 0 N–H and O–H groups in total. The third-order valence-corrected chi connectivity index (χ3v) is 6.06. The normalized spacial score (nSPS) is 10.9. The number of amides is 1. The molecule has 0 aliphatic rings. The van der Waals surface area contributed by atoms with Gasteiger partial charge in [-0.15, -0.1) is 6.58 Å². The Kier molecular flexibility index (Phi) is 6.50. The molecule has 1 aromatic heterocycles. The molecule has 3 rings (SSSR count). The summed E-state index contributed by atoms with van der Waals surface area (Å²) in [5.74, 6) is -0.452. The molecular formula is C23H20N2O4S. The topological polar surface area (TPSA) is 91.4 Å². The first-order valence-electron chi connectivity index (χ1n) is 9.18. The summed E-state index contributed by atoms with van der Waals surface area (Å²) in [6.45, 7) is 4.28. The second-order valence-corrected chi connectivity index (χ2v) is 8.61. The number of carbonyl (C=O) groups is 1. The molecule has 0 aliphatic heterocycles. The van der Waals surface area contributed by atoms with Gasteiger partial charge in [0.25, 0.3) is 5.91 Å². The molecule has 152 valence electrons. The Hall–Kier alpha value is -3.63. The van der Waals surface area contributed by atoms with Crippen molar-refractivity contribution in [1.82, 2.24) is 4.90 Å². The van der Waals surface area contributed by atoms with Gasteiger partial charge in [0.1, 0.15) is 11.5 Å². The van der Waals surface area contributed by atoms with Crippen LogP contribution in [0.5, 0.6) is 0 Å².